The molecule has 0 bridgehead atoms. The normalized spacial score (nSPS) is 10.7. The van der Waals surface area contributed by atoms with Crippen molar-refractivity contribution in [2.45, 2.75) is 13.8 Å². The number of H-pyrrole nitrogens is 1. The predicted molar refractivity (Wildman–Crippen MR) is 97.1 cm³/mol. The molecule has 8 nitrogen and oxygen atoms in total. The molecule has 0 amide bonds. The van der Waals surface area contributed by atoms with Gasteiger partial charge < -0.3 is 19.2 Å². The fraction of sp³-hybridized carbons (Fsp3) is 0.278. The molecule has 0 saturated carbocycles. The highest BCUT2D eigenvalue weighted by Crippen LogP contribution is 2.40. The maximum atomic E-state index is 11.4. The monoisotopic (exact) mass is 357 g/mol. The minimum absolute atomic E-state index is 0.136. The zero-order valence-electron chi connectivity index (χ0n) is 14.7. The third-order valence-electron chi connectivity index (χ3n) is 3.80. The molecule has 0 radical (unpaired) electrons. The number of aromatic amines is 1. The molecule has 0 spiro atoms. The number of methoxy groups -OCH3 is 1. The maximum Gasteiger partial charge on any atom is 0.311 e. The minimum atomic E-state index is -0.476. The van der Waals surface area contributed by atoms with Crippen molar-refractivity contribution in [3.05, 3.63) is 40.4 Å². The van der Waals surface area contributed by atoms with Crippen molar-refractivity contribution in [3.8, 4) is 28.6 Å². The van der Waals surface area contributed by atoms with Crippen LogP contribution in [-0.2, 0) is 0 Å². The van der Waals surface area contributed by atoms with Gasteiger partial charge in [0.2, 0.25) is 5.75 Å². The quantitative estimate of drug-likeness (QED) is 0.508. The molecule has 0 fully saturated rings. The Labute approximate surface area is 149 Å². The van der Waals surface area contributed by atoms with Crippen LogP contribution in [0.3, 0.4) is 0 Å². The summed E-state index contributed by atoms with van der Waals surface area (Å²) in [7, 11) is 1.58. The Bertz CT molecular complexity index is 951. The average Bonchev–Trinajstić information content (AvgIpc) is 3.05. The van der Waals surface area contributed by atoms with E-state index < -0.39 is 4.92 Å². The molecule has 0 unspecified atom stereocenters. The molecule has 26 heavy (non-hydrogen) atoms. The standard InChI is InChI=1S/C18H19N3O5/c1-4-25-16-10-17(26-5-2)15(21(22)23)9-12(16)18-19-13-7-6-11(24-3)8-14(13)20-18/h6-10H,4-5H2,1-3H3,(H,19,20). The molecule has 1 aromatic heterocycles. The lowest BCUT2D eigenvalue weighted by molar-refractivity contribution is -0.385. The summed E-state index contributed by atoms with van der Waals surface area (Å²) in [5.41, 5.74) is 1.85. The fourth-order valence-corrected chi connectivity index (χ4v) is 2.67. The molecule has 0 aliphatic rings. The summed E-state index contributed by atoms with van der Waals surface area (Å²) in [6, 6.07) is 8.39. The Hall–Kier alpha value is -3.29. The first-order chi connectivity index (χ1) is 12.6. The van der Waals surface area contributed by atoms with Crippen LogP contribution in [0.25, 0.3) is 22.4 Å². The molecular weight excluding hydrogens is 338 g/mol. The van der Waals surface area contributed by atoms with E-state index >= 15 is 0 Å². The van der Waals surface area contributed by atoms with Crippen LogP contribution < -0.4 is 14.2 Å². The topological polar surface area (TPSA) is 99.5 Å². The lowest BCUT2D eigenvalue weighted by Crippen LogP contribution is -2.01. The van der Waals surface area contributed by atoms with E-state index in [0.717, 1.165) is 11.0 Å². The number of nitrogens with one attached hydrogen (secondary N) is 1. The first-order valence-electron chi connectivity index (χ1n) is 8.19. The molecular formula is C18H19N3O5. The average molecular weight is 357 g/mol. The Morgan fingerprint density at radius 3 is 2.50 bits per heavy atom. The van der Waals surface area contributed by atoms with Crippen LogP contribution in [0.4, 0.5) is 5.69 Å². The molecule has 3 aromatic rings. The maximum absolute atomic E-state index is 11.4. The van der Waals surface area contributed by atoms with Gasteiger partial charge in [0.05, 0.1) is 41.8 Å². The lowest BCUT2D eigenvalue weighted by atomic mass is 10.1. The van der Waals surface area contributed by atoms with Gasteiger partial charge in [-0.2, -0.15) is 0 Å². The van der Waals surface area contributed by atoms with Crippen LogP contribution in [-0.4, -0.2) is 35.2 Å². The first kappa shape index (κ1) is 17.5. The highest BCUT2D eigenvalue weighted by atomic mass is 16.6. The number of fused-ring (bicyclic) bond motifs is 1. The van der Waals surface area contributed by atoms with Crippen molar-refractivity contribution in [1.82, 2.24) is 9.97 Å². The highest BCUT2D eigenvalue weighted by molar-refractivity contribution is 5.83. The number of benzene rings is 2. The van der Waals surface area contributed by atoms with Crippen LogP contribution in [0.5, 0.6) is 17.2 Å². The summed E-state index contributed by atoms with van der Waals surface area (Å²) in [6.45, 7) is 4.33. The molecule has 0 aliphatic carbocycles. The summed E-state index contributed by atoms with van der Waals surface area (Å²) < 4.78 is 16.3. The first-order valence-corrected chi connectivity index (χ1v) is 8.19. The number of ether oxygens (including phenoxy) is 3. The van der Waals surface area contributed by atoms with Crippen molar-refractivity contribution in [2.24, 2.45) is 0 Å². The second kappa shape index (κ2) is 7.30. The number of aromatic nitrogens is 2. The Balaban J connectivity index is 2.18. The summed E-state index contributed by atoms with van der Waals surface area (Å²) >= 11 is 0. The zero-order chi connectivity index (χ0) is 18.7. The summed E-state index contributed by atoms with van der Waals surface area (Å²) in [4.78, 5) is 18.7. The predicted octanol–water partition coefficient (Wildman–Crippen LogP) is 3.94. The van der Waals surface area contributed by atoms with Crippen LogP contribution in [0.15, 0.2) is 30.3 Å². The number of hydrogen-bond acceptors (Lipinski definition) is 6. The van der Waals surface area contributed by atoms with Crippen molar-refractivity contribution >= 4 is 16.7 Å². The molecule has 0 atom stereocenters. The van der Waals surface area contributed by atoms with Crippen LogP contribution in [0.1, 0.15) is 13.8 Å². The summed E-state index contributed by atoms with van der Waals surface area (Å²) in [6.07, 6.45) is 0. The van der Waals surface area contributed by atoms with Crippen molar-refractivity contribution in [2.75, 3.05) is 20.3 Å². The summed E-state index contributed by atoms with van der Waals surface area (Å²) in [5, 5.41) is 11.4. The fourth-order valence-electron chi connectivity index (χ4n) is 2.67. The third-order valence-corrected chi connectivity index (χ3v) is 3.80. The van der Waals surface area contributed by atoms with E-state index in [1.807, 2.05) is 19.1 Å². The van der Waals surface area contributed by atoms with Crippen LogP contribution in [0, 0.1) is 10.1 Å². The van der Waals surface area contributed by atoms with E-state index in [4.69, 9.17) is 14.2 Å². The van der Waals surface area contributed by atoms with Crippen molar-refractivity contribution in [3.63, 3.8) is 0 Å². The van der Waals surface area contributed by atoms with Crippen molar-refractivity contribution in [1.29, 1.82) is 0 Å². The van der Waals surface area contributed by atoms with Gasteiger partial charge in [0, 0.05) is 18.2 Å². The van der Waals surface area contributed by atoms with Gasteiger partial charge >= 0.3 is 5.69 Å². The molecule has 1 N–H and O–H groups in total. The Kier molecular flexibility index (Phi) is 4.92. The van der Waals surface area contributed by atoms with E-state index in [1.165, 1.54) is 12.1 Å². The third kappa shape index (κ3) is 3.26. The van der Waals surface area contributed by atoms with E-state index in [2.05, 4.69) is 9.97 Å². The zero-order valence-corrected chi connectivity index (χ0v) is 14.7. The number of rotatable bonds is 7. The van der Waals surface area contributed by atoms with Gasteiger partial charge in [-0.1, -0.05) is 0 Å². The van der Waals surface area contributed by atoms with E-state index in [9.17, 15) is 10.1 Å². The molecule has 2 aromatic carbocycles. The number of nitro benzene ring substituents is 1. The molecule has 1 heterocycles. The van der Waals surface area contributed by atoms with Crippen molar-refractivity contribution < 1.29 is 19.1 Å². The van der Waals surface area contributed by atoms with Crippen LogP contribution >= 0.6 is 0 Å². The highest BCUT2D eigenvalue weighted by Gasteiger charge is 2.23. The van der Waals surface area contributed by atoms with E-state index in [0.29, 0.717) is 36.1 Å². The van der Waals surface area contributed by atoms with Crippen LogP contribution in [0.2, 0.25) is 0 Å². The van der Waals surface area contributed by atoms with Gasteiger partial charge in [0.25, 0.3) is 0 Å². The van der Waals surface area contributed by atoms with Gasteiger partial charge in [0.15, 0.2) is 0 Å². The molecule has 0 saturated heterocycles. The molecule has 3 rings (SSSR count). The van der Waals surface area contributed by atoms with E-state index in [-0.39, 0.29) is 11.4 Å². The number of imidazole rings is 1. The van der Waals surface area contributed by atoms with Gasteiger partial charge in [0.1, 0.15) is 17.3 Å². The van der Waals surface area contributed by atoms with Gasteiger partial charge in [-0.3, -0.25) is 10.1 Å². The molecule has 8 heteroatoms. The lowest BCUT2D eigenvalue weighted by Gasteiger charge is -2.11. The second-order valence-corrected chi connectivity index (χ2v) is 5.41. The van der Waals surface area contributed by atoms with E-state index in [1.54, 1.807) is 20.1 Å². The number of nitrogens with zero attached hydrogens (tertiary/aromatic N) is 2. The second-order valence-electron chi connectivity index (χ2n) is 5.41. The van der Waals surface area contributed by atoms with Gasteiger partial charge in [-0.15, -0.1) is 0 Å². The SMILES string of the molecule is CCOc1cc(OCC)c([N+](=O)[O-])cc1-c1nc2ccc(OC)cc2[nH]1. The smallest absolute Gasteiger partial charge is 0.311 e. The minimum Gasteiger partial charge on any atom is -0.497 e. The Morgan fingerprint density at radius 1 is 1.12 bits per heavy atom. The molecule has 136 valence electrons. The number of nitro groups is 1. The van der Waals surface area contributed by atoms with Gasteiger partial charge in [-0.05, 0) is 26.0 Å². The molecule has 0 aliphatic heterocycles. The summed E-state index contributed by atoms with van der Waals surface area (Å²) in [5.74, 6) is 1.80. The Morgan fingerprint density at radius 2 is 1.85 bits per heavy atom. The largest absolute Gasteiger partial charge is 0.497 e. The number of hydrogen-bond donors (Lipinski definition) is 1. The van der Waals surface area contributed by atoms with Gasteiger partial charge in [-0.25, -0.2) is 4.98 Å².